The number of ether oxygens (including phenoxy) is 2. The highest BCUT2D eigenvalue weighted by Crippen LogP contribution is 2.18. The average Bonchev–Trinajstić information content (AvgIpc) is 2.61. The number of amides is 2. The highest BCUT2D eigenvalue weighted by molar-refractivity contribution is 5.80. The van der Waals surface area contributed by atoms with Crippen LogP contribution in [0.5, 0.6) is 0 Å². The summed E-state index contributed by atoms with van der Waals surface area (Å²) in [6.45, 7) is 3.56. The largest absolute Gasteiger partial charge is 0.378 e. The summed E-state index contributed by atoms with van der Waals surface area (Å²) >= 11 is 0. The van der Waals surface area contributed by atoms with Gasteiger partial charge in [0.2, 0.25) is 11.8 Å². The van der Waals surface area contributed by atoms with Crippen LogP contribution in [0.3, 0.4) is 0 Å². The number of hydrogen-bond acceptors (Lipinski definition) is 4. The van der Waals surface area contributed by atoms with Gasteiger partial charge in [0.15, 0.2) is 0 Å². The van der Waals surface area contributed by atoms with Crippen molar-refractivity contribution in [3.8, 4) is 0 Å². The zero-order chi connectivity index (χ0) is 16.1. The Hall–Kier alpha value is -1.92. The van der Waals surface area contributed by atoms with Crippen molar-refractivity contribution in [2.75, 3.05) is 46.1 Å². The molecule has 1 fully saturated rings. The molecule has 6 heteroatoms. The van der Waals surface area contributed by atoms with Crippen LogP contribution in [-0.2, 0) is 32.0 Å². The number of carbonyl (C=O) groups is 2. The van der Waals surface area contributed by atoms with E-state index in [1.165, 1.54) is 11.1 Å². The summed E-state index contributed by atoms with van der Waals surface area (Å²) < 4.78 is 10.5. The van der Waals surface area contributed by atoms with Crippen LogP contribution < -0.4 is 0 Å². The fourth-order valence-corrected chi connectivity index (χ4v) is 2.93. The van der Waals surface area contributed by atoms with Crippen LogP contribution in [0.15, 0.2) is 24.3 Å². The molecule has 0 bridgehead atoms. The van der Waals surface area contributed by atoms with Gasteiger partial charge in [-0.1, -0.05) is 24.3 Å². The molecule has 0 atom stereocenters. The van der Waals surface area contributed by atoms with Gasteiger partial charge in [0.25, 0.3) is 0 Å². The second-order valence-corrected chi connectivity index (χ2v) is 5.82. The molecule has 0 aliphatic carbocycles. The Kier molecular flexibility index (Phi) is 5.25. The molecule has 6 nitrogen and oxygen atoms in total. The van der Waals surface area contributed by atoms with Gasteiger partial charge in [-0.3, -0.25) is 9.59 Å². The topological polar surface area (TPSA) is 59.1 Å². The minimum Gasteiger partial charge on any atom is -0.378 e. The monoisotopic (exact) mass is 318 g/mol. The molecule has 1 aromatic carbocycles. The molecule has 0 radical (unpaired) electrons. The molecule has 2 heterocycles. The number of benzene rings is 1. The molecule has 3 rings (SSSR count). The third-order valence-electron chi connectivity index (χ3n) is 4.30. The Balaban J connectivity index is 1.42. The summed E-state index contributed by atoms with van der Waals surface area (Å²) in [5, 5.41) is 0. The van der Waals surface area contributed by atoms with E-state index in [9.17, 15) is 9.59 Å². The number of rotatable bonds is 4. The van der Waals surface area contributed by atoms with E-state index in [1.54, 1.807) is 9.80 Å². The van der Waals surface area contributed by atoms with E-state index in [0.29, 0.717) is 39.4 Å². The van der Waals surface area contributed by atoms with Crippen LogP contribution in [-0.4, -0.2) is 67.7 Å². The van der Waals surface area contributed by atoms with Crippen molar-refractivity contribution >= 4 is 11.8 Å². The number of hydrogen-bond donors (Lipinski definition) is 0. The zero-order valence-corrected chi connectivity index (χ0v) is 13.2. The van der Waals surface area contributed by atoms with E-state index in [0.717, 1.165) is 6.42 Å². The van der Waals surface area contributed by atoms with Crippen LogP contribution in [0.4, 0.5) is 0 Å². The van der Waals surface area contributed by atoms with Crippen molar-refractivity contribution in [2.45, 2.75) is 13.0 Å². The third kappa shape index (κ3) is 4.09. The lowest BCUT2D eigenvalue weighted by Crippen LogP contribution is -2.43. The van der Waals surface area contributed by atoms with Crippen molar-refractivity contribution in [1.29, 1.82) is 0 Å². The third-order valence-corrected chi connectivity index (χ3v) is 4.30. The van der Waals surface area contributed by atoms with Crippen molar-refractivity contribution in [3.05, 3.63) is 35.4 Å². The summed E-state index contributed by atoms with van der Waals surface area (Å²) in [5.74, 6) is -0.139. The summed E-state index contributed by atoms with van der Waals surface area (Å²) in [7, 11) is 0. The minimum absolute atomic E-state index is 0.0434. The summed E-state index contributed by atoms with van der Waals surface area (Å²) in [6.07, 6.45) is 0.870. The smallest absolute Gasteiger partial charge is 0.248 e. The first-order chi connectivity index (χ1) is 11.2. The van der Waals surface area contributed by atoms with Gasteiger partial charge in [0.1, 0.15) is 13.2 Å². The van der Waals surface area contributed by atoms with Gasteiger partial charge >= 0.3 is 0 Å². The molecule has 1 aromatic rings. The summed E-state index contributed by atoms with van der Waals surface area (Å²) in [5.41, 5.74) is 2.50. The average molecular weight is 318 g/mol. The first-order valence-electron chi connectivity index (χ1n) is 8.02. The van der Waals surface area contributed by atoms with Crippen molar-refractivity contribution in [2.24, 2.45) is 0 Å². The molecule has 1 saturated heterocycles. The standard InChI is InChI=1S/C17H22N2O4/c20-16(18-7-9-22-10-8-18)12-23-13-17(21)19-6-5-14-3-1-2-4-15(14)11-19/h1-4H,5-13H2. The number of morpholine rings is 1. The summed E-state index contributed by atoms with van der Waals surface area (Å²) in [4.78, 5) is 27.7. The maximum atomic E-state index is 12.2. The molecule has 0 spiro atoms. The predicted octanol–water partition coefficient (Wildman–Crippen LogP) is 0.447. The first kappa shape index (κ1) is 16.0. The van der Waals surface area contributed by atoms with Crippen LogP contribution in [0.2, 0.25) is 0 Å². The highest BCUT2D eigenvalue weighted by Gasteiger charge is 2.21. The number of nitrogens with zero attached hydrogens (tertiary/aromatic N) is 2. The van der Waals surface area contributed by atoms with E-state index in [4.69, 9.17) is 9.47 Å². The van der Waals surface area contributed by atoms with Gasteiger partial charge in [-0.25, -0.2) is 0 Å². The maximum absolute atomic E-state index is 12.2. The van der Waals surface area contributed by atoms with Crippen LogP contribution >= 0.6 is 0 Å². The Bertz CT molecular complexity index is 569. The lowest BCUT2D eigenvalue weighted by atomic mass is 10.00. The second-order valence-electron chi connectivity index (χ2n) is 5.82. The maximum Gasteiger partial charge on any atom is 0.248 e. The molecular weight excluding hydrogens is 296 g/mol. The quantitative estimate of drug-likeness (QED) is 0.809. The van der Waals surface area contributed by atoms with Crippen molar-refractivity contribution < 1.29 is 19.1 Å². The van der Waals surface area contributed by atoms with Crippen molar-refractivity contribution in [1.82, 2.24) is 9.80 Å². The SMILES string of the molecule is O=C(COCC(=O)N1CCc2ccccc2C1)N1CCOCC1. The minimum atomic E-state index is -0.0786. The molecule has 0 N–H and O–H groups in total. The highest BCUT2D eigenvalue weighted by atomic mass is 16.5. The number of fused-ring (bicyclic) bond motifs is 1. The van der Waals surface area contributed by atoms with E-state index >= 15 is 0 Å². The van der Waals surface area contributed by atoms with E-state index in [1.807, 2.05) is 12.1 Å². The Labute approximate surface area is 136 Å². The van der Waals surface area contributed by atoms with E-state index < -0.39 is 0 Å². The fourth-order valence-electron chi connectivity index (χ4n) is 2.93. The lowest BCUT2D eigenvalue weighted by Gasteiger charge is -2.29. The molecule has 124 valence electrons. The fraction of sp³-hybridized carbons (Fsp3) is 0.529. The van der Waals surface area contributed by atoms with Crippen molar-refractivity contribution in [3.63, 3.8) is 0 Å². The van der Waals surface area contributed by atoms with Gasteiger partial charge in [-0.2, -0.15) is 0 Å². The van der Waals surface area contributed by atoms with Gasteiger partial charge in [0.05, 0.1) is 13.2 Å². The van der Waals surface area contributed by atoms with Crippen LogP contribution in [0.1, 0.15) is 11.1 Å². The number of carbonyl (C=O) groups excluding carboxylic acids is 2. The van der Waals surface area contributed by atoms with Gasteiger partial charge < -0.3 is 19.3 Å². The lowest BCUT2D eigenvalue weighted by molar-refractivity contribution is -0.144. The van der Waals surface area contributed by atoms with Gasteiger partial charge in [-0.15, -0.1) is 0 Å². The normalized spacial score (nSPS) is 17.7. The van der Waals surface area contributed by atoms with Crippen LogP contribution in [0, 0.1) is 0 Å². The summed E-state index contributed by atoms with van der Waals surface area (Å²) in [6, 6.07) is 8.17. The van der Waals surface area contributed by atoms with Gasteiger partial charge in [-0.05, 0) is 17.5 Å². The Morgan fingerprint density at radius 3 is 2.35 bits per heavy atom. The molecule has 2 amide bonds. The van der Waals surface area contributed by atoms with E-state index in [-0.39, 0.29) is 25.0 Å². The van der Waals surface area contributed by atoms with Gasteiger partial charge in [0, 0.05) is 26.2 Å². The molecular formula is C17H22N2O4. The molecule has 0 aromatic heterocycles. The Morgan fingerprint density at radius 1 is 0.957 bits per heavy atom. The molecule has 2 aliphatic rings. The molecule has 23 heavy (non-hydrogen) atoms. The molecule has 0 unspecified atom stereocenters. The molecule has 2 aliphatic heterocycles. The Morgan fingerprint density at radius 2 is 1.61 bits per heavy atom. The van der Waals surface area contributed by atoms with E-state index in [2.05, 4.69) is 12.1 Å². The molecule has 0 saturated carbocycles. The second kappa shape index (κ2) is 7.57. The zero-order valence-electron chi connectivity index (χ0n) is 13.2. The predicted molar refractivity (Wildman–Crippen MR) is 83.8 cm³/mol. The van der Waals surface area contributed by atoms with Crippen LogP contribution in [0.25, 0.3) is 0 Å². The first-order valence-corrected chi connectivity index (χ1v) is 8.02.